The van der Waals surface area contributed by atoms with Crippen LogP contribution in [0.15, 0.2) is 53.9 Å². The third-order valence-corrected chi connectivity index (χ3v) is 6.17. The topological polar surface area (TPSA) is 56.3 Å². The highest BCUT2D eigenvalue weighted by molar-refractivity contribution is 7.89. The summed E-state index contributed by atoms with van der Waals surface area (Å²) in [5.41, 5.74) is 3.41. The Morgan fingerprint density at radius 3 is 2.52 bits per heavy atom. The van der Waals surface area contributed by atoms with E-state index in [2.05, 4.69) is 4.98 Å². The fourth-order valence-electron chi connectivity index (χ4n) is 2.57. The molecular weight excluding hydrogens is 354 g/mol. The van der Waals surface area contributed by atoms with Crippen LogP contribution in [0.3, 0.4) is 0 Å². The quantitative estimate of drug-likeness (QED) is 0.648. The van der Waals surface area contributed by atoms with Crippen LogP contribution in [0.4, 0.5) is 0 Å². The van der Waals surface area contributed by atoms with Crippen LogP contribution in [0.25, 0.3) is 10.6 Å². The first-order valence-electron chi connectivity index (χ1n) is 7.80. The van der Waals surface area contributed by atoms with Crippen molar-refractivity contribution in [3.05, 3.63) is 70.7 Å². The van der Waals surface area contributed by atoms with Crippen molar-refractivity contribution in [3.8, 4) is 16.3 Å². The molecule has 0 saturated heterocycles. The number of rotatable bonds is 6. The maximum absolute atomic E-state index is 12.5. The molecule has 0 amide bonds. The molecule has 0 unspecified atom stereocenters. The summed E-state index contributed by atoms with van der Waals surface area (Å²) in [7, 11) is -1.64. The molecule has 0 bridgehead atoms. The molecule has 0 N–H and O–H groups in total. The predicted molar refractivity (Wildman–Crippen MR) is 102 cm³/mol. The van der Waals surface area contributed by atoms with Crippen LogP contribution >= 0.6 is 11.3 Å². The van der Waals surface area contributed by atoms with Gasteiger partial charge in [0.2, 0.25) is 0 Å². The Kier molecular flexibility index (Phi) is 5.20. The van der Waals surface area contributed by atoms with E-state index < -0.39 is 9.84 Å². The van der Waals surface area contributed by atoms with Gasteiger partial charge in [-0.25, -0.2) is 13.4 Å². The molecule has 0 atom stereocenters. The van der Waals surface area contributed by atoms with Gasteiger partial charge in [0.1, 0.15) is 10.8 Å². The summed E-state index contributed by atoms with van der Waals surface area (Å²) in [4.78, 5) is 4.48. The molecule has 0 radical (unpaired) electrons. The lowest BCUT2D eigenvalue weighted by Crippen LogP contribution is -2.08. The largest absolute Gasteiger partial charge is 0.497 e. The Bertz CT molecular complexity index is 960. The van der Waals surface area contributed by atoms with Crippen LogP contribution in [0, 0.1) is 6.92 Å². The van der Waals surface area contributed by atoms with E-state index in [4.69, 9.17) is 4.74 Å². The van der Waals surface area contributed by atoms with Gasteiger partial charge in [0.25, 0.3) is 0 Å². The minimum atomic E-state index is -3.26. The highest BCUT2D eigenvalue weighted by Crippen LogP contribution is 2.26. The number of nitrogens with zero attached hydrogens (tertiary/aromatic N) is 1. The lowest BCUT2D eigenvalue weighted by Gasteiger charge is -2.04. The van der Waals surface area contributed by atoms with Crippen molar-refractivity contribution in [2.24, 2.45) is 0 Å². The summed E-state index contributed by atoms with van der Waals surface area (Å²) in [6, 6.07) is 15.2. The third-order valence-electron chi connectivity index (χ3n) is 3.73. The molecule has 0 aliphatic rings. The zero-order chi connectivity index (χ0) is 17.9. The van der Waals surface area contributed by atoms with Gasteiger partial charge in [-0.2, -0.15) is 0 Å². The highest BCUT2D eigenvalue weighted by Gasteiger charge is 2.16. The molecule has 4 nitrogen and oxygen atoms in total. The maximum Gasteiger partial charge on any atom is 0.160 e. The Morgan fingerprint density at radius 2 is 1.84 bits per heavy atom. The van der Waals surface area contributed by atoms with E-state index >= 15 is 0 Å². The van der Waals surface area contributed by atoms with Gasteiger partial charge in [-0.1, -0.05) is 29.8 Å². The summed E-state index contributed by atoms with van der Waals surface area (Å²) in [6.45, 7) is 1.96. The first kappa shape index (κ1) is 17.6. The van der Waals surface area contributed by atoms with Crippen molar-refractivity contribution >= 4 is 21.2 Å². The molecule has 0 fully saturated rings. The molecule has 1 heterocycles. The van der Waals surface area contributed by atoms with Crippen LogP contribution in [-0.2, 0) is 21.3 Å². The lowest BCUT2D eigenvalue weighted by atomic mass is 10.2. The second-order valence-electron chi connectivity index (χ2n) is 5.89. The monoisotopic (exact) mass is 373 g/mol. The molecular formula is C19H19NO3S2. The van der Waals surface area contributed by atoms with E-state index in [9.17, 15) is 8.42 Å². The van der Waals surface area contributed by atoms with Crippen LogP contribution in [-0.4, -0.2) is 20.5 Å². The van der Waals surface area contributed by atoms with Crippen molar-refractivity contribution in [2.75, 3.05) is 7.11 Å². The van der Waals surface area contributed by atoms with Crippen LogP contribution in [0.2, 0.25) is 0 Å². The third kappa shape index (κ3) is 4.67. The van der Waals surface area contributed by atoms with Crippen molar-refractivity contribution < 1.29 is 13.2 Å². The van der Waals surface area contributed by atoms with Crippen LogP contribution in [0.1, 0.15) is 16.8 Å². The van der Waals surface area contributed by atoms with Gasteiger partial charge in [0.15, 0.2) is 9.84 Å². The van der Waals surface area contributed by atoms with Crippen molar-refractivity contribution in [1.82, 2.24) is 4.98 Å². The standard InChI is InChI=1S/C19H19NO3S2/c1-14-4-3-5-15(10-14)12-25(21,22)13-17-11-24-19(20-17)16-6-8-18(23-2)9-7-16/h3-11H,12-13H2,1-2H3. The Balaban J connectivity index is 1.73. The Labute approximate surface area is 152 Å². The first-order chi connectivity index (χ1) is 11.9. The van der Waals surface area contributed by atoms with Gasteiger partial charge in [0, 0.05) is 10.9 Å². The van der Waals surface area contributed by atoms with E-state index in [0.29, 0.717) is 5.69 Å². The Morgan fingerprint density at radius 1 is 1.08 bits per heavy atom. The number of aromatic nitrogens is 1. The van der Waals surface area contributed by atoms with E-state index in [1.54, 1.807) is 7.11 Å². The molecule has 0 spiro atoms. The molecule has 1 aromatic heterocycles. The van der Waals surface area contributed by atoms with E-state index in [0.717, 1.165) is 27.4 Å². The molecule has 0 saturated carbocycles. The first-order valence-corrected chi connectivity index (χ1v) is 10.5. The molecule has 25 heavy (non-hydrogen) atoms. The Hall–Kier alpha value is -2.18. The van der Waals surface area contributed by atoms with Crippen molar-refractivity contribution in [2.45, 2.75) is 18.4 Å². The number of hydrogen-bond donors (Lipinski definition) is 0. The highest BCUT2D eigenvalue weighted by atomic mass is 32.2. The molecule has 0 aliphatic carbocycles. The molecule has 6 heteroatoms. The van der Waals surface area contributed by atoms with Crippen LogP contribution < -0.4 is 4.74 Å². The molecule has 3 rings (SSSR count). The van der Waals surface area contributed by atoms with Gasteiger partial charge in [-0.15, -0.1) is 11.3 Å². The minimum absolute atomic E-state index is 0.0318. The zero-order valence-corrected chi connectivity index (χ0v) is 15.7. The van der Waals surface area contributed by atoms with Crippen molar-refractivity contribution in [3.63, 3.8) is 0 Å². The summed E-state index contributed by atoms with van der Waals surface area (Å²) in [6.07, 6.45) is 0. The minimum Gasteiger partial charge on any atom is -0.497 e. The number of sulfone groups is 1. The summed E-state index contributed by atoms with van der Waals surface area (Å²) in [5, 5.41) is 2.62. The summed E-state index contributed by atoms with van der Waals surface area (Å²) in [5.74, 6) is 0.763. The smallest absolute Gasteiger partial charge is 0.160 e. The second kappa shape index (κ2) is 7.37. The molecule has 2 aromatic carbocycles. The van der Waals surface area contributed by atoms with Gasteiger partial charge in [-0.3, -0.25) is 0 Å². The fraction of sp³-hybridized carbons (Fsp3) is 0.211. The predicted octanol–water partition coefficient (Wildman–Crippen LogP) is 4.24. The summed E-state index contributed by atoms with van der Waals surface area (Å²) < 4.78 is 30.1. The van der Waals surface area contributed by atoms with Gasteiger partial charge >= 0.3 is 0 Å². The van der Waals surface area contributed by atoms with Crippen LogP contribution in [0.5, 0.6) is 5.75 Å². The fourth-order valence-corrected chi connectivity index (χ4v) is 4.89. The van der Waals surface area contributed by atoms with Gasteiger partial charge < -0.3 is 4.74 Å². The normalized spacial score (nSPS) is 11.4. The van der Waals surface area contributed by atoms with Gasteiger partial charge in [0.05, 0.1) is 24.3 Å². The SMILES string of the molecule is COc1ccc(-c2nc(CS(=O)(=O)Cc3cccc(C)c3)cs2)cc1. The maximum atomic E-state index is 12.5. The zero-order valence-electron chi connectivity index (χ0n) is 14.1. The summed E-state index contributed by atoms with van der Waals surface area (Å²) >= 11 is 1.45. The molecule has 130 valence electrons. The lowest BCUT2D eigenvalue weighted by molar-refractivity contribution is 0.415. The van der Waals surface area contributed by atoms with E-state index in [-0.39, 0.29) is 11.5 Å². The second-order valence-corrected chi connectivity index (χ2v) is 8.82. The molecule has 3 aromatic rings. The van der Waals surface area contributed by atoms with Crippen molar-refractivity contribution in [1.29, 1.82) is 0 Å². The van der Waals surface area contributed by atoms with E-state index in [1.807, 2.05) is 60.8 Å². The average molecular weight is 373 g/mol. The number of methoxy groups -OCH3 is 1. The molecule has 0 aliphatic heterocycles. The van der Waals surface area contributed by atoms with Gasteiger partial charge in [-0.05, 0) is 36.8 Å². The number of hydrogen-bond acceptors (Lipinski definition) is 5. The number of aryl methyl sites for hydroxylation is 1. The number of ether oxygens (including phenoxy) is 1. The van der Waals surface area contributed by atoms with E-state index in [1.165, 1.54) is 11.3 Å². The average Bonchev–Trinajstić information content (AvgIpc) is 3.02. The number of benzene rings is 2. The number of thiazole rings is 1.